The van der Waals surface area contributed by atoms with Crippen LogP contribution < -0.4 is 4.74 Å². The molecule has 1 fully saturated rings. The lowest BCUT2D eigenvalue weighted by atomic mass is 9.82. The quantitative estimate of drug-likeness (QED) is 0.802. The van der Waals surface area contributed by atoms with Crippen molar-refractivity contribution >= 4 is 6.29 Å². The Kier molecular flexibility index (Phi) is 4.53. The number of pyridine rings is 1. The van der Waals surface area contributed by atoms with Crippen molar-refractivity contribution < 1.29 is 9.53 Å². The van der Waals surface area contributed by atoms with Gasteiger partial charge in [-0.2, -0.15) is 0 Å². The molecule has 1 aromatic carbocycles. The Morgan fingerprint density at radius 1 is 1.16 bits per heavy atom. The molecule has 0 bridgehead atoms. The van der Waals surface area contributed by atoms with E-state index in [1.165, 1.54) is 5.56 Å². The van der Waals surface area contributed by atoms with Crippen molar-refractivity contribution in [2.24, 2.45) is 0 Å². The topological polar surface area (TPSA) is 42.4 Å². The number of nitrogens with zero attached hydrogens (tertiary/aromatic N) is 2. The van der Waals surface area contributed by atoms with E-state index < -0.39 is 0 Å². The van der Waals surface area contributed by atoms with Crippen LogP contribution in [0.4, 0.5) is 0 Å². The minimum Gasteiger partial charge on any atom is -0.487 e. The minimum absolute atomic E-state index is 0.0167. The van der Waals surface area contributed by atoms with E-state index in [0.29, 0.717) is 6.42 Å². The molecule has 0 saturated carbocycles. The van der Waals surface area contributed by atoms with Gasteiger partial charge in [0.1, 0.15) is 17.6 Å². The molecule has 1 spiro atoms. The Labute approximate surface area is 148 Å². The first-order valence-electron chi connectivity index (χ1n) is 9.17. The van der Waals surface area contributed by atoms with Crippen LogP contribution in [0.2, 0.25) is 0 Å². The number of benzene rings is 1. The Hall–Kier alpha value is -2.20. The summed E-state index contributed by atoms with van der Waals surface area (Å²) in [6.07, 6.45) is 7.71. The lowest BCUT2D eigenvalue weighted by molar-refractivity contribution is -0.108. The number of ether oxygens (including phenoxy) is 1. The molecule has 4 heteroatoms. The number of carbonyl (C=O) groups excluding carboxylic acids is 1. The summed E-state index contributed by atoms with van der Waals surface area (Å²) >= 11 is 0. The number of aryl methyl sites for hydroxylation is 1. The van der Waals surface area contributed by atoms with Crippen molar-refractivity contribution in [1.29, 1.82) is 0 Å². The van der Waals surface area contributed by atoms with E-state index in [-0.39, 0.29) is 5.60 Å². The van der Waals surface area contributed by atoms with Crippen molar-refractivity contribution in [1.82, 2.24) is 9.88 Å². The first-order chi connectivity index (χ1) is 12.3. The molecular weight excluding hydrogens is 312 g/mol. The third-order valence-electron chi connectivity index (χ3n) is 5.53. The fourth-order valence-electron chi connectivity index (χ4n) is 3.99. The fraction of sp³-hybridized carbons (Fsp3) is 0.429. The zero-order valence-corrected chi connectivity index (χ0v) is 14.5. The average Bonchev–Trinajstić information content (AvgIpc) is 2.68. The first-order valence-corrected chi connectivity index (χ1v) is 9.17. The van der Waals surface area contributed by atoms with E-state index in [1.54, 1.807) is 0 Å². The van der Waals surface area contributed by atoms with Gasteiger partial charge in [0.05, 0.1) is 5.69 Å². The van der Waals surface area contributed by atoms with Crippen LogP contribution in [0.3, 0.4) is 0 Å². The third-order valence-corrected chi connectivity index (χ3v) is 5.53. The Balaban J connectivity index is 1.46. The van der Waals surface area contributed by atoms with Crippen molar-refractivity contribution in [3.05, 3.63) is 48.2 Å². The monoisotopic (exact) mass is 336 g/mol. The van der Waals surface area contributed by atoms with E-state index in [4.69, 9.17) is 4.74 Å². The van der Waals surface area contributed by atoms with Gasteiger partial charge >= 0.3 is 0 Å². The number of aldehydes is 1. The van der Waals surface area contributed by atoms with E-state index in [9.17, 15) is 4.79 Å². The van der Waals surface area contributed by atoms with Crippen LogP contribution in [-0.2, 0) is 11.2 Å². The molecule has 3 heterocycles. The summed E-state index contributed by atoms with van der Waals surface area (Å²) in [5.41, 5.74) is 3.44. The predicted molar refractivity (Wildman–Crippen MR) is 97.7 cm³/mol. The molecule has 0 radical (unpaired) electrons. The third kappa shape index (κ3) is 3.45. The largest absolute Gasteiger partial charge is 0.487 e. The number of hydrogen-bond donors (Lipinski definition) is 0. The highest BCUT2D eigenvalue weighted by Crippen LogP contribution is 2.40. The van der Waals surface area contributed by atoms with Crippen LogP contribution in [0, 0.1) is 0 Å². The van der Waals surface area contributed by atoms with Crippen LogP contribution in [0.1, 0.15) is 31.2 Å². The maximum Gasteiger partial charge on any atom is 0.123 e. The number of carbonyl (C=O) groups is 1. The Bertz CT molecular complexity index is 737. The number of hydrogen-bond acceptors (Lipinski definition) is 4. The van der Waals surface area contributed by atoms with Crippen LogP contribution in [-0.4, -0.2) is 41.4 Å². The lowest BCUT2D eigenvalue weighted by Gasteiger charge is -2.44. The summed E-state index contributed by atoms with van der Waals surface area (Å²) in [5, 5.41) is 0. The number of piperidine rings is 1. The van der Waals surface area contributed by atoms with Crippen molar-refractivity contribution in [3.63, 3.8) is 0 Å². The molecular formula is C21H24N2O2. The molecule has 4 rings (SSSR count). The minimum atomic E-state index is -0.0167. The molecule has 0 amide bonds. The molecule has 0 N–H and O–H groups in total. The summed E-state index contributed by atoms with van der Waals surface area (Å²) in [4.78, 5) is 17.4. The fourth-order valence-corrected chi connectivity index (χ4v) is 3.99. The number of likely N-dealkylation sites (tertiary alicyclic amines) is 1. The zero-order valence-electron chi connectivity index (χ0n) is 14.5. The standard InChI is InChI=1S/C21H24N2O2/c24-15-3-12-23-13-9-21(10-14-23)8-7-18-16-17(5-6-20(18)25-21)19-4-1-2-11-22-19/h1-2,4-6,11,15-16H,3,7-10,12-14H2. The highest BCUT2D eigenvalue weighted by Gasteiger charge is 2.39. The molecule has 1 aromatic heterocycles. The molecule has 0 unspecified atom stereocenters. The Morgan fingerprint density at radius 3 is 2.80 bits per heavy atom. The molecule has 130 valence electrons. The normalized spacial score (nSPS) is 19.2. The van der Waals surface area contributed by atoms with Crippen LogP contribution in [0.15, 0.2) is 42.6 Å². The number of fused-ring (bicyclic) bond motifs is 1. The number of aromatic nitrogens is 1. The van der Waals surface area contributed by atoms with Crippen molar-refractivity contribution in [2.45, 2.75) is 37.7 Å². The molecule has 0 atom stereocenters. The van der Waals surface area contributed by atoms with Gasteiger partial charge in [0.25, 0.3) is 0 Å². The highest BCUT2D eigenvalue weighted by molar-refractivity contribution is 5.62. The van der Waals surface area contributed by atoms with Crippen LogP contribution in [0.25, 0.3) is 11.3 Å². The van der Waals surface area contributed by atoms with E-state index in [0.717, 1.165) is 68.6 Å². The van der Waals surface area contributed by atoms with Gasteiger partial charge in [-0.25, -0.2) is 0 Å². The summed E-state index contributed by atoms with van der Waals surface area (Å²) in [5.74, 6) is 1.03. The maximum atomic E-state index is 10.6. The summed E-state index contributed by atoms with van der Waals surface area (Å²) in [6.45, 7) is 2.92. The van der Waals surface area contributed by atoms with Crippen LogP contribution >= 0.6 is 0 Å². The van der Waals surface area contributed by atoms with Gasteiger partial charge < -0.3 is 14.4 Å². The average molecular weight is 336 g/mol. The summed E-state index contributed by atoms with van der Waals surface area (Å²) in [6, 6.07) is 12.5. The lowest BCUT2D eigenvalue weighted by Crippen LogP contribution is -2.49. The Morgan fingerprint density at radius 2 is 2.04 bits per heavy atom. The molecule has 2 aliphatic rings. The van der Waals surface area contributed by atoms with Gasteiger partial charge in [-0.3, -0.25) is 4.98 Å². The first kappa shape index (κ1) is 16.3. The predicted octanol–water partition coefficient (Wildman–Crippen LogP) is 3.50. The second kappa shape index (κ2) is 6.96. The molecule has 1 saturated heterocycles. The van der Waals surface area contributed by atoms with Crippen molar-refractivity contribution in [3.8, 4) is 17.0 Å². The molecule has 0 aliphatic carbocycles. The van der Waals surface area contributed by atoms with Gasteiger partial charge in [-0.1, -0.05) is 6.07 Å². The SMILES string of the molecule is O=CCCN1CCC2(CCc3cc(-c4ccccn4)ccc3O2)CC1. The van der Waals surface area contributed by atoms with Gasteiger partial charge in [-0.05, 0) is 61.6 Å². The molecule has 4 nitrogen and oxygen atoms in total. The summed E-state index contributed by atoms with van der Waals surface area (Å²) < 4.78 is 6.49. The molecule has 2 aromatic rings. The van der Waals surface area contributed by atoms with Gasteiger partial charge in [0.15, 0.2) is 0 Å². The second-order valence-corrected chi connectivity index (χ2v) is 7.12. The molecule has 2 aliphatic heterocycles. The van der Waals surface area contributed by atoms with Gasteiger partial charge in [-0.15, -0.1) is 0 Å². The van der Waals surface area contributed by atoms with E-state index in [2.05, 4.69) is 28.1 Å². The van der Waals surface area contributed by atoms with E-state index >= 15 is 0 Å². The zero-order chi connectivity index (χ0) is 17.1. The maximum absolute atomic E-state index is 10.6. The smallest absolute Gasteiger partial charge is 0.123 e. The molecule has 25 heavy (non-hydrogen) atoms. The van der Waals surface area contributed by atoms with Gasteiger partial charge in [0.2, 0.25) is 0 Å². The van der Waals surface area contributed by atoms with Crippen LogP contribution in [0.5, 0.6) is 5.75 Å². The number of rotatable bonds is 4. The van der Waals surface area contributed by atoms with Gasteiger partial charge in [0, 0.05) is 37.8 Å². The van der Waals surface area contributed by atoms with E-state index in [1.807, 2.05) is 24.4 Å². The highest BCUT2D eigenvalue weighted by atomic mass is 16.5. The second-order valence-electron chi connectivity index (χ2n) is 7.12. The van der Waals surface area contributed by atoms with Crippen molar-refractivity contribution in [2.75, 3.05) is 19.6 Å². The summed E-state index contributed by atoms with van der Waals surface area (Å²) in [7, 11) is 0.